The van der Waals surface area contributed by atoms with Crippen molar-refractivity contribution in [1.82, 2.24) is 19.9 Å². The van der Waals surface area contributed by atoms with Crippen LogP contribution in [0.15, 0.2) is 36.5 Å². The molecule has 0 atom stereocenters. The topological polar surface area (TPSA) is 74.8 Å². The van der Waals surface area contributed by atoms with Gasteiger partial charge in [-0.25, -0.2) is 15.0 Å². The van der Waals surface area contributed by atoms with Crippen molar-refractivity contribution in [2.75, 3.05) is 11.9 Å². The molecule has 1 aromatic carbocycles. The minimum absolute atomic E-state index is 0.147. The van der Waals surface area contributed by atoms with Gasteiger partial charge in [0, 0.05) is 13.2 Å². The number of aromatic amines is 1. The number of rotatable bonds is 2. The highest BCUT2D eigenvalue weighted by Crippen LogP contribution is 2.28. The molecule has 4 rings (SSSR count). The van der Waals surface area contributed by atoms with E-state index in [2.05, 4.69) is 19.9 Å². The Bertz CT molecular complexity index is 1000. The van der Waals surface area contributed by atoms with Crippen LogP contribution >= 0.6 is 11.3 Å². The number of nitrogens with zero attached hydrogens (tertiary/aromatic N) is 4. The number of thiazole rings is 1. The maximum absolute atomic E-state index is 12.7. The second kappa shape index (κ2) is 5.13. The summed E-state index contributed by atoms with van der Waals surface area (Å²) in [5.41, 5.74) is 2.76. The molecule has 0 aliphatic rings. The number of pyridine rings is 1. The third-order valence-corrected chi connectivity index (χ3v) is 4.69. The minimum Gasteiger partial charge on any atom is -0.341 e. The Kier molecular flexibility index (Phi) is 3.09. The van der Waals surface area contributed by atoms with Crippen LogP contribution < -0.4 is 4.90 Å². The summed E-state index contributed by atoms with van der Waals surface area (Å²) in [6.45, 7) is 1.86. The summed E-state index contributed by atoms with van der Waals surface area (Å²) < 4.78 is 1.06. The molecule has 114 valence electrons. The lowest BCUT2D eigenvalue weighted by Crippen LogP contribution is -2.26. The largest absolute Gasteiger partial charge is 0.341 e. The van der Waals surface area contributed by atoms with Crippen molar-refractivity contribution in [3.63, 3.8) is 0 Å². The predicted molar refractivity (Wildman–Crippen MR) is 91.0 cm³/mol. The summed E-state index contributed by atoms with van der Waals surface area (Å²) in [5, 5.41) is 0.664. The third-order valence-electron chi connectivity index (χ3n) is 3.58. The fraction of sp³-hybridized carbons (Fsp3) is 0.125. The van der Waals surface area contributed by atoms with Gasteiger partial charge in [-0.05, 0) is 25.1 Å². The van der Waals surface area contributed by atoms with Gasteiger partial charge in [-0.2, -0.15) is 0 Å². The van der Waals surface area contributed by atoms with Gasteiger partial charge >= 0.3 is 0 Å². The molecule has 0 saturated heterocycles. The molecule has 1 amide bonds. The zero-order valence-corrected chi connectivity index (χ0v) is 13.4. The van der Waals surface area contributed by atoms with Gasteiger partial charge in [0.25, 0.3) is 5.91 Å². The van der Waals surface area contributed by atoms with Crippen molar-refractivity contribution in [2.24, 2.45) is 0 Å². The molecule has 23 heavy (non-hydrogen) atoms. The van der Waals surface area contributed by atoms with Gasteiger partial charge in [-0.15, -0.1) is 0 Å². The van der Waals surface area contributed by atoms with Crippen molar-refractivity contribution >= 4 is 43.8 Å². The van der Waals surface area contributed by atoms with Gasteiger partial charge in [0.2, 0.25) is 0 Å². The maximum atomic E-state index is 12.7. The van der Waals surface area contributed by atoms with E-state index < -0.39 is 0 Å². The molecule has 4 aromatic rings. The Morgan fingerprint density at radius 3 is 2.91 bits per heavy atom. The van der Waals surface area contributed by atoms with E-state index in [1.807, 2.05) is 31.2 Å². The number of anilines is 1. The van der Waals surface area contributed by atoms with Crippen LogP contribution in [0, 0.1) is 6.92 Å². The van der Waals surface area contributed by atoms with Crippen LogP contribution in [-0.4, -0.2) is 32.9 Å². The first-order chi connectivity index (χ1) is 11.1. The van der Waals surface area contributed by atoms with E-state index in [1.165, 1.54) is 11.3 Å². The van der Waals surface area contributed by atoms with Crippen molar-refractivity contribution < 1.29 is 4.79 Å². The van der Waals surface area contributed by atoms with Gasteiger partial charge in [-0.3, -0.25) is 9.69 Å². The Morgan fingerprint density at radius 2 is 2.09 bits per heavy atom. The Morgan fingerprint density at radius 1 is 1.26 bits per heavy atom. The van der Waals surface area contributed by atoms with Crippen LogP contribution in [0.4, 0.5) is 5.13 Å². The van der Waals surface area contributed by atoms with Gasteiger partial charge in [0.15, 0.2) is 10.8 Å². The molecule has 0 spiro atoms. The van der Waals surface area contributed by atoms with E-state index in [0.29, 0.717) is 16.3 Å². The SMILES string of the molecule is Cc1nc2ncc(C(=O)N(C)c3nc4ccccc4s3)cc2[nH]1. The van der Waals surface area contributed by atoms with Crippen LogP contribution in [-0.2, 0) is 0 Å². The van der Waals surface area contributed by atoms with E-state index in [-0.39, 0.29) is 5.91 Å². The molecular weight excluding hydrogens is 310 g/mol. The predicted octanol–water partition coefficient (Wildman–Crippen LogP) is 3.15. The Hall–Kier alpha value is -2.80. The highest BCUT2D eigenvalue weighted by molar-refractivity contribution is 7.22. The summed E-state index contributed by atoms with van der Waals surface area (Å²) in [7, 11) is 1.72. The standard InChI is InChI=1S/C16H13N5OS/c1-9-18-12-7-10(8-17-14(12)19-9)15(22)21(2)16-20-11-5-3-4-6-13(11)23-16/h3-8H,1-2H3,(H,17,18,19). The summed E-state index contributed by atoms with van der Waals surface area (Å²) in [5.74, 6) is 0.627. The number of hydrogen-bond acceptors (Lipinski definition) is 5. The molecular formula is C16H13N5OS. The van der Waals surface area contributed by atoms with E-state index in [1.54, 1.807) is 24.2 Å². The number of nitrogens with one attached hydrogen (secondary N) is 1. The lowest BCUT2D eigenvalue weighted by molar-refractivity contribution is 0.0993. The van der Waals surface area contributed by atoms with E-state index >= 15 is 0 Å². The monoisotopic (exact) mass is 323 g/mol. The second-order valence-electron chi connectivity index (χ2n) is 5.25. The van der Waals surface area contributed by atoms with Crippen LogP contribution in [0.5, 0.6) is 0 Å². The van der Waals surface area contributed by atoms with Crippen molar-refractivity contribution in [2.45, 2.75) is 6.92 Å². The van der Waals surface area contributed by atoms with Gasteiger partial charge < -0.3 is 4.98 Å². The number of amides is 1. The summed E-state index contributed by atoms with van der Waals surface area (Å²) in [6, 6.07) is 9.61. The number of carbonyl (C=O) groups is 1. The van der Waals surface area contributed by atoms with E-state index in [4.69, 9.17) is 0 Å². The maximum Gasteiger partial charge on any atom is 0.261 e. The fourth-order valence-electron chi connectivity index (χ4n) is 2.42. The zero-order valence-electron chi connectivity index (χ0n) is 12.6. The Balaban J connectivity index is 1.70. The smallest absolute Gasteiger partial charge is 0.261 e. The normalized spacial score (nSPS) is 11.2. The first-order valence-corrected chi connectivity index (χ1v) is 7.89. The van der Waals surface area contributed by atoms with E-state index in [9.17, 15) is 4.79 Å². The van der Waals surface area contributed by atoms with E-state index in [0.717, 1.165) is 21.6 Å². The lowest BCUT2D eigenvalue weighted by Gasteiger charge is -2.13. The number of carbonyl (C=O) groups excluding carboxylic acids is 1. The van der Waals surface area contributed by atoms with Gasteiger partial charge in [-0.1, -0.05) is 23.5 Å². The number of benzene rings is 1. The number of hydrogen-bond donors (Lipinski definition) is 1. The zero-order chi connectivity index (χ0) is 16.0. The number of para-hydroxylation sites is 1. The molecule has 0 aliphatic carbocycles. The van der Waals surface area contributed by atoms with Crippen molar-refractivity contribution in [3.8, 4) is 0 Å². The quantitative estimate of drug-likeness (QED) is 0.615. The molecule has 1 N–H and O–H groups in total. The summed E-state index contributed by atoms with van der Waals surface area (Å²) >= 11 is 1.49. The number of aryl methyl sites for hydroxylation is 1. The van der Waals surface area contributed by atoms with Crippen LogP contribution in [0.3, 0.4) is 0 Å². The summed E-state index contributed by atoms with van der Waals surface area (Å²) in [4.78, 5) is 30.3. The summed E-state index contributed by atoms with van der Waals surface area (Å²) in [6.07, 6.45) is 1.55. The molecule has 6 nitrogen and oxygen atoms in total. The average Bonchev–Trinajstić information content (AvgIpc) is 3.14. The van der Waals surface area contributed by atoms with Crippen molar-refractivity contribution in [1.29, 1.82) is 0 Å². The molecule has 3 aromatic heterocycles. The first-order valence-electron chi connectivity index (χ1n) is 7.08. The number of aromatic nitrogens is 4. The minimum atomic E-state index is -0.147. The average molecular weight is 323 g/mol. The molecule has 7 heteroatoms. The van der Waals surface area contributed by atoms with Crippen molar-refractivity contribution in [3.05, 3.63) is 47.9 Å². The highest BCUT2D eigenvalue weighted by Gasteiger charge is 2.18. The molecule has 0 radical (unpaired) electrons. The van der Waals surface area contributed by atoms with Gasteiger partial charge in [0.05, 0.1) is 21.3 Å². The molecule has 0 bridgehead atoms. The highest BCUT2D eigenvalue weighted by atomic mass is 32.1. The molecule has 0 fully saturated rings. The number of fused-ring (bicyclic) bond motifs is 2. The number of H-pyrrole nitrogens is 1. The molecule has 0 aliphatic heterocycles. The van der Waals surface area contributed by atoms with Crippen LogP contribution in [0.2, 0.25) is 0 Å². The van der Waals surface area contributed by atoms with Crippen LogP contribution in [0.25, 0.3) is 21.4 Å². The molecule has 0 unspecified atom stereocenters. The van der Waals surface area contributed by atoms with Gasteiger partial charge in [0.1, 0.15) is 5.82 Å². The lowest BCUT2D eigenvalue weighted by atomic mass is 10.2. The molecule has 0 saturated carbocycles. The second-order valence-corrected chi connectivity index (χ2v) is 6.25. The fourth-order valence-corrected chi connectivity index (χ4v) is 3.35. The van der Waals surface area contributed by atoms with Crippen LogP contribution in [0.1, 0.15) is 16.2 Å². The third kappa shape index (κ3) is 2.35. The Labute approximate surface area is 135 Å². The first kappa shape index (κ1) is 13.8. The molecule has 3 heterocycles. The number of imidazole rings is 1.